The number of nitrogens with zero attached hydrogens (tertiary/aromatic N) is 6. The van der Waals surface area contributed by atoms with Crippen LogP contribution in [0.2, 0.25) is 0 Å². The Balaban J connectivity index is 1.65. The van der Waals surface area contributed by atoms with Gasteiger partial charge >= 0.3 is 0 Å². The van der Waals surface area contributed by atoms with Crippen LogP contribution >= 0.6 is 0 Å². The minimum absolute atomic E-state index is 0.00492. The molecule has 0 spiro atoms. The molecule has 0 saturated heterocycles. The summed E-state index contributed by atoms with van der Waals surface area (Å²) in [4.78, 5) is 32.5. The zero-order chi connectivity index (χ0) is 19.2. The molecule has 1 N–H and O–H groups in total. The van der Waals surface area contributed by atoms with Gasteiger partial charge < -0.3 is 0 Å². The summed E-state index contributed by atoms with van der Waals surface area (Å²) < 4.78 is 0. The lowest BCUT2D eigenvalue weighted by Crippen LogP contribution is -1.88. The van der Waals surface area contributed by atoms with Gasteiger partial charge in [-0.1, -0.05) is 0 Å². The maximum absolute atomic E-state index is 10.6. The van der Waals surface area contributed by atoms with Gasteiger partial charge in [0.05, 0.1) is 9.85 Å². The number of hydrogen-bond donors (Lipinski definition) is 1. The van der Waals surface area contributed by atoms with E-state index in [-0.39, 0.29) is 23.3 Å². The summed E-state index contributed by atoms with van der Waals surface area (Å²) in [5.74, 6) is 0.355. The van der Waals surface area contributed by atoms with E-state index < -0.39 is 9.85 Å². The third-order valence-corrected chi connectivity index (χ3v) is 3.33. The molecule has 0 unspecified atom stereocenters. The molecule has 0 amide bonds. The molecule has 11 heteroatoms. The summed E-state index contributed by atoms with van der Waals surface area (Å²) in [6, 6.07) is 11.7. The summed E-state index contributed by atoms with van der Waals surface area (Å²) in [5, 5.41) is 27.7. The number of benzene rings is 2. The number of aliphatic imine (C=N–C) groups is 2. The smallest absolute Gasteiger partial charge is 0.258 e. The molecule has 27 heavy (non-hydrogen) atoms. The van der Waals surface area contributed by atoms with Crippen LogP contribution in [-0.2, 0) is 0 Å². The third kappa shape index (κ3) is 4.63. The van der Waals surface area contributed by atoms with Crippen LogP contribution in [0.4, 0.5) is 23.3 Å². The first-order valence-electron chi connectivity index (χ1n) is 7.51. The second-order valence-electron chi connectivity index (χ2n) is 5.17. The van der Waals surface area contributed by atoms with Gasteiger partial charge in [0.2, 0.25) is 5.95 Å². The van der Waals surface area contributed by atoms with Gasteiger partial charge in [-0.2, -0.15) is 4.98 Å². The molecule has 0 aliphatic heterocycles. The molecule has 0 aliphatic rings. The van der Waals surface area contributed by atoms with Crippen molar-refractivity contribution in [3.05, 3.63) is 79.9 Å². The Labute approximate surface area is 151 Å². The van der Waals surface area contributed by atoms with Crippen LogP contribution in [0.5, 0.6) is 0 Å². The molecule has 0 aliphatic carbocycles. The number of non-ortho nitro benzene ring substituents is 2. The van der Waals surface area contributed by atoms with Crippen LogP contribution in [0.1, 0.15) is 11.1 Å². The molecule has 2 aromatic carbocycles. The van der Waals surface area contributed by atoms with Gasteiger partial charge in [-0.05, 0) is 35.4 Å². The largest absolute Gasteiger partial charge is 0.269 e. The van der Waals surface area contributed by atoms with Crippen molar-refractivity contribution in [1.82, 2.24) is 15.2 Å². The quantitative estimate of drug-likeness (QED) is 0.402. The van der Waals surface area contributed by atoms with Gasteiger partial charge in [0, 0.05) is 36.7 Å². The van der Waals surface area contributed by atoms with E-state index in [4.69, 9.17) is 0 Å². The first kappa shape index (κ1) is 17.5. The van der Waals surface area contributed by atoms with Gasteiger partial charge in [0.25, 0.3) is 17.3 Å². The summed E-state index contributed by atoms with van der Waals surface area (Å²) in [5.41, 5.74) is 1.30. The average Bonchev–Trinajstić information content (AvgIpc) is 3.13. The summed E-state index contributed by atoms with van der Waals surface area (Å²) >= 11 is 0. The number of rotatable bonds is 6. The standard InChI is InChI=1S/C16H11N7O4/c24-22(25)13-5-1-11(2-6-13)9-17-15-19-16(21-20-15)18-10-12-3-7-14(8-4-12)23(26)27/h1-10H,(H,19,20,21)/b17-9-,18-10+. The first-order valence-corrected chi connectivity index (χ1v) is 7.51. The third-order valence-electron chi connectivity index (χ3n) is 3.33. The van der Waals surface area contributed by atoms with E-state index in [1.54, 1.807) is 24.3 Å². The van der Waals surface area contributed by atoms with Crippen molar-refractivity contribution < 1.29 is 9.85 Å². The Morgan fingerprint density at radius 1 is 0.815 bits per heavy atom. The number of nitro groups is 2. The highest BCUT2D eigenvalue weighted by molar-refractivity contribution is 5.82. The van der Waals surface area contributed by atoms with Crippen LogP contribution in [0.25, 0.3) is 0 Å². The predicted octanol–water partition coefficient (Wildman–Crippen LogP) is 3.12. The molecule has 0 radical (unpaired) electrons. The molecular weight excluding hydrogens is 354 g/mol. The van der Waals surface area contributed by atoms with Crippen molar-refractivity contribution in [3.8, 4) is 0 Å². The van der Waals surface area contributed by atoms with Crippen LogP contribution in [0, 0.1) is 20.2 Å². The molecule has 1 heterocycles. The highest BCUT2D eigenvalue weighted by Gasteiger charge is 2.04. The summed E-state index contributed by atoms with van der Waals surface area (Å²) in [6.45, 7) is 0. The molecule has 1 aromatic heterocycles. The van der Waals surface area contributed by atoms with E-state index in [1.165, 1.54) is 36.7 Å². The second-order valence-corrected chi connectivity index (χ2v) is 5.17. The molecule has 3 rings (SSSR count). The van der Waals surface area contributed by atoms with Gasteiger partial charge in [0.1, 0.15) is 0 Å². The topological polar surface area (TPSA) is 153 Å². The molecular formula is C16H11N7O4. The Bertz CT molecular complexity index is 942. The van der Waals surface area contributed by atoms with E-state index >= 15 is 0 Å². The summed E-state index contributed by atoms with van der Waals surface area (Å²) in [7, 11) is 0. The van der Waals surface area contributed by atoms with Crippen LogP contribution in [0.15, 0.2) is 58.5 Å². The Hall–Kier alpha value is -4.28. The lowest BCUT2D eigenvalue weighted by molar-refractivity contribution is -0.385. The molecule has 3 aromatic rings. The molecule has 134 valence electrons. The minimum atomic E-state index is -0.481. The SMILES string of the molecule is O=[N+]([O-])c1ccc(/C=N\c2n[nH]c(/N=C/c3ccc([N+](=O)[O-])cc3)n2)cc1. The number of nitro benzene ring substituents is 2. The molecule has 0 atom stereocenters. The lowest BCUT2D eigenvalue weighted by Gasteiger charge is -1.92. The summed E-state index contributed by atoms with van der Waals surface area (Å²) in [6.07, 6.45) is 2.95. The van der Waals surface area contributed by atoms with Crippen molar-refractivity contribution in [2.45, 2.75) is 0 Å². The van der Waals surface area contributed by atoms with Gasteiger partial charge in [0.15, 0.2) is 0 Å². The highest BCUT2D eigenvalue weighted by Crippen LogP contribution is 2.14. The predicted molar refractivity (Wildman–Crippen MR) is 97.1 cm³/mol. The Morgan fingerprint density at radius 3 is 1.78 bits per heavy atom. The van der Waals surface area contributed by atoms with E-state index in [0.717, 1.165) is 0 Å². The van der Waals surface area contributed by atoms with E-state index in [0.29, 0.717) is 11.1 Å². The monoisotopic (exact) mass is 365 g/mol. The zero-order valence-electron chi connectivity index (χ0n) is 13.6. The van der Waals surface area contributed by atoms with Crippen molar-refractivity contribution in [2.75, 3.05) is 0 Å². The molecule has 0 fully saturated rings. The minimum Gasteiger partial charge on any atom is -0.258 e. The van der Waals surface area contributed by atoms with Crippen LogP contribution in [0.3, 0.4) is 0 Å². The van der Waals surface area contributed by atoms with E-state index in [2.05, 4.69) is 25.2 Å². The fourth-order valence-electron chi connectivity index (χ4n) is 1.99. The number of aromatic nitrogens is 3. The number of hydrogen-bond acceptors (Lipinski definition) is 8. The second kappa shape index (κ2) is 7.74. The van der Waals surface area contributed by atoms with Crippen molar-refractivity contribution in [3.63, 3.8) is 0 Å². The average molecular weight is 365 g/mol. The Morgan fingerprint density at radius 2 is 1.30 bits per heavy atom. The van der Waals surface area contributed by atoms with E-state index in [1.807, 2.05) is 0 Å². The normalized spacial score (nSPS) is 11.3. The fourth-order valence-corrected chi connectivity index (χ4v) is 1.99. The maximum Gasteiger partial charge on any atom is 0.269 e. The molecule has 0 saturated carbocycles. The van der Waals surface area contributed by atoms with Crippen molar-refractivity contribution >= 4 is 35.7 Å². The highest BCUT2D eigenvalue weighted by atomic mass is 16.6. The van der Waals surface area contributed by atoms with Gasteiger partial charge in [-0.3, -0.25) is 20.2 Å². The van der Waals surface area contributed by atoms with Gasteiger partial charge in [-0.15, -0.1) is 5.10 Å². The van der Waals surface area contributed by atoms with Crippen molar-refractivity contribution in [2.24, 2.45) is 9.98 Å². The van der Waals surface area contributed by atoms with Crippen LogP contribution in [-0.4, -0.2) is 37.5 Å². The number of H-pyrrole nitrogens is 1. The lowest BCUT2D eigenvalue weighted by atomic mass is 10.2. The van der Waals surface area contributed by atoms with Gasteiger partial charge in [-0.25, -0.2) is 15.1 Å². The Kier molecular flexibility index (Phi) is 5.03. The van der Waals surface area contributed by atoms with Crippen molar-refractivity contribution in [1.29, 1.82) is 0 Å². The molecule has 0 bridgehead atoms. The van der Waals surface area contributed by atoms with E-state index in [9.17, 15) is 20.2 Å². The molecule has 11 nitrogen and oxygen atoms in total. The fraction of sp³-hybridized carbons (Fsp3) is 0. The zero-order valence-corrected chi connectivity index (χ0v) is 13.6. The number of nitrogens with one attached hydrogen (secondary N) is 1. The number of aromatic amines is 1. The van der Waals surface area contributed by atoms with Crippen LogP contribution < -0.4 is 0 Å². The first-order chi connectivity index (χ1) is 13.0. The maximum atomic E-state index is 10.6.